The molecule has 0 radical (unpaired) electrons. The number of ether oxygens (including phenoxy) is 1. The maximum Gasteiger partial charge on any atom is 0.213 e. The first-order chi connectivity index (χ1) is 10.7. The number of anilines is 1. The van der Waals surface area contributed by atoms with Crippen LogP contribution < -0.4 is 15.4 Å². The van der Waals surface area contributed by atoms with Gasteiger partial charge in [0.25, 0.3) is 0 Å². The first-order valence-electron chi connectivity index (χ1n) is 7.35. The number of aromatic nitrogens is 1. The Morgan fingerprint density at radius 1 is 1.32 bits per heavy atom. The molecule has 2 N–H and O–H groups in total. The molecule has 116 valence electrons. The van der Waals surface area contributed by atoms with Gasteiger partial charge in [-0.2, -0.15) is 0 Å². The zero-order valence-corrected chi connectivity index (χ0v) is 14.1. The van der Waals surface area contributed by atoms with Crippen molar-refractivity contribution in [1.29, 1.82) is 0 Å². The van der Waals surface area contributed by atoms with Crippen molar-refractivity contribution in [1.82, 2.24) is 10.3 Å². The highest BCUT2D eigenvalue weighted by atomic mass is 32.1. The molecule has 22 heavy (non-hydrogen) atoms. The summed E-state index contributed by atoms with van der Waals surface area (Å²) < 4.78 is 5.06. The molecular formula is C16H19N3OS2. The molecule has 3 rings (SSSR count). The van der Waals surface area contributed by atoms with Gasteiger partial charge in [0.1, 0.15) is 0 Å². The second-order valence-electron chi connectivity index (χ2n) is 5.43. The summed E-state index contributed by atoms with van der Waals surface area (Å²) in [7, 11) is 1.60. The lowest BCUT2D eigenvalue weighted by Gasteiger charge is -2.31. The van der Waals surface area contributed by atoms with Crippen LogP contribution in [0.2, 0.25) is 0 Å². The van der Waals surface area contributed by atoms with E-state index < -0.39 is 0 Å². The Hall–Kier alpha value is -1.66. The molecule has 6 heteroatoms. The highest BCUT2D eigenvalue weighted by Gasteiger charge is 2.37. The van der Waals surface area contributed by atoms with Gasteiger partial charge in [-0.15, -0.1) is 11.3 Å². The third-order valence-electron chi connectivity index (χ3n) is 4.01. The molecule has 0 bridgehead atoms. The van der Waals surface area contributed by atoms with Crippen LogP contribution in [-0.4, -0.2) is 17.2 Å². The number of thiocarbonyl (C=S) groups is 1. The van der Waals surface area contributed by atoms with Gasteiger partial charge < -0.3 is 15.4 Å². The van der Waals surface area contributed by atoms with Crippen molar-refractivity contribution in [3.63, 3.8) is 0 Å². The minimum atomic E-state index is -0.0157. The summed E-state index contributed by atoms with van der Waals surface area (Å²) in [6, 6.07) is 8.02. The van der Waals surface area contributed by atoms with Crippen LogP contribution in [0.3, 0.4) is 0 Å². The Kier molecular flexibility index (Phi) is 4.59. The Bertz CT molecular complexity index is 619. The third-order valence-corrected chi connectivity index (χ3v) is 5.28. The van der Waals surface area contributed by atoms with E-state index in [1.54, 1.807) is 24.6 Å². The van der Waals surface area contributed by atoms with Crippen LogP contribution >= 0.6 is 23.6 Å². The van der Waals surface area contributed by atoms with Gasteiger partial charge in [-0.05, 0) is 42.6 Å². The molecule has 0 aliphatic heterocycles. The second-order valence-corrected chi connectivity index (χ2v) is 6.79. The minimum Gasteiger partial charge on any atom is -0.481 e. The number of pyridine rings is 1. The molecule has 0 atom stereocenters. The van der Waals surface area contributed by atoms with Crippen LogP contribution in [-0.2, 0) is 5.54 Å². The van der Waals surface area contributed by atoms with Crippen molar-refractivity contribution in [3.8, 4) is 5.88 Å². The van der Waals surface area contributed by atoms with Crippen molar-refractivity contribution < 1.29 is 4.74 Å². The lowest BCUT2D eigenvalue weighted by atomic mass is 9.96. The van der Waals surface area contributed by atoms with E-state index >= 15 is 0 Å². The van der Waals surface area contributed by atoms with E-state index in [1.165, 1.54) is 17.7 Å². The van der Waals surface area contributed by atoms with Gasteiger partial charge in [-0.25, -0.2) is 4.98 Å². The smallest absolute Gasteiger partial charge is 0.213 e. The number of methoxy groups -OCH3 is 1. The molecule has 0 aromatic carbocycles. The van der Waals surface area contributed by atoms with Crippen molar-refractivity contribution in [2.75, 3.05) is 12.4 Å². The van der Waals surface area contributed by atoms with E-state index in [4.69, 9.17) is 17.0 Å². The SMILES string of the molecule is COc1ccc(NC(=S)NC2(c3cccs3)CCCC2)cn1. The maximum absolute atomic E-state index is 5.50. The van der Waals surface area contributed by atoms with E-state index in [2.05, 4.69) is 33.1 Å². The standard InChI is InChI=1S/C16H19N3OS2/c1-20-14-7-6-12(11-17-14)18-15(21)19-16(8-2-3-9-16)13-5-4-10-22-13/h4-7,10-11H,2-3,8-9H2,1H3,(H2,18,19,21). The molecule has 1 aliphatic carbocycles. The Balaban J connectivity index is 1.69. The van der Waals surface area contributed by atoms with Crippen molar-refractivity contribution in [2.45, 2.75) is 31.2 Å². The van der Waals surface area contributed by atoms with Crippen LogP contribution in [0.15, 0.2) is 35.8 Å². The first-order valence-corrected chi connectivity index (χ1v) is 8.64. The van der Waals surface area contributed by atoms with Crippen molar-refractivity contribution in [2.24, 2.45) is 0 Å². The number of hydrogen-bond donors (Lipinski definition) is 2. The molecule has 0 amide bonds. The zero-order chi connectivity index (χ0) is 15.4. The molecule has 0 spiro atoms. The highest BCUT2D eigenvalue weighted by Crippen LogP contribution is 2.40. The van der Waals surface area contributed by atoms with Gasteiger partial charge in [0, 0.05) is 10.9 Å². The molecule has 1 aliphatic rings. The topological polar surface area (TPSA) is 46.2 Å². The van der Waals surface area contributed by atoms with Crippen LogP contribution in [0.4, 0.5) is 5.69 Å². The maximum atomic E-state index is 5.50. The number of rotatable bonds is 4. The molecule has 2 aromatic rings. The minimum absolute atomic E-state index is 0.0157. The van der Waals surface area contributed by atoms with Crippen LogP contribution in [0.5, 0.6) is 5.88 Å². The molecule has 2 aromatic heterocycles. The third kappa shape index (κ3) is 3.23. The van der Waals surface area contributed by atoms with Crippen LogP contribution in [0, 0.1) is 0 Å². The zero-order valence-electron chi connectivity index (χ0n) is 12.5. The van der Waals surface area contributed by atoms with E-state index in [9.17, 15) is 0 Å². The number of hydrogen-bond acceptors (Lipinski definition) is 4. The summed E-state index contributed by atoms with van der Waals surface area (Å²) in [6.45, 7) is 0. The Labute approximate surface area is 139 Å². The number of nitrogens with one attached hydrogen (secondary N) is 2. The fourth-order valence-electron chi connectivity index (χ4n) is 2.92. The fourth-order valence-corrected chi connectivity index (χ4v) is 4.17. The normalized spacial score (nSPS) is 16.2. The van der Waals surface area contributed by atoms with E-state index in [-0.39, 0.29) is 5.54 Å². The van der Waals surface area contributed by atoms with E-state index in [1.807, 2.05) is 12.1 Å². The number of nitrogens with zero attached hydrogens (tertiary/aromatic N) is 1. The Morgan fingerprint density at radius 3 is 2.73 bits per heavy atom. The predicted molar refractivity (Wildman–Crippen MR) is 94.6 cm³/mol. The fraction of sp³-hybridized carbons (Fsp3) is 0.375. The van der Waals surface area contributed by atoms with E-state index in [0.717, 1.165) is 18.5 Å². The van der Waals surface area contributed by atoms with Gasteiger partial charge in [0.05, 0.1) is 24.5 Å². The molecule has 1 fully saturated rings. The second kappa shape index (κ2) is 6.62. The summed E-state index contributed by atoms with van der Waals surface area (Å²) in [4.78, 5) is 5.54. The van der Waals surface area contributed by atoms with Gasteiger partial charge in [-0.1, -0.05) is 18.9 Å². The van der Waals surface area contributed by atoms with Gasteiger partial charge >= 0.3 is 0 Å². The predicted octanol–water partition coefficient (Wildman–Crippen LogP) is 3.91. The van der Waals surface area contributed by atoms with Gasteiger partial charge in [0.15, 0.2) is 5.11 Å². The molecule has 2 heterocycles. The molecule has 4 nitrogen and oxygen atoms in total. The van der Waals surface area contributed by atoms with Crippen molar-refractivity contribution in [3.05, 3.63) is 40.7 Å². The first kappa shape index (κ1) is 15.2. The monoisotopic (exact) mass is 333 g/mol. The lowest BCUT2D eigenvalue weighted by molar-refractivity contribution is 0.398. The average molecular weight is 333 g/mol. The summed E-state index contributed by atoms with van der Waals surface area (Å²) in [6.07, 6.45) is 6.43. The molecule has 0 unspecified atom stereocenters. The van der Waals surface area contributed by atoms with Crippen LogP contribution in [0.25, 0.3) is 0 Å². The molecular weight excluding hydrogens is 314 g/mol. The van der Waals surface area contributed by atoms with Gasteiger partial charge in [0.2, 0.25) is 5.88 Å². The number of thiophene rings is 1. The Morgan fingerprint density at radius 2 is 2.14 bits per heavy atom. The average Bonchev–Trinajstić information content (AvgIpc) is 3.19. The van der Waals surface area contributed by atoms with Gasteiger partial charge in [-0.3, -0.25) is 0 Å². The quantitative estimate of drug-likeness (QED) is 0.831. The largest absolute Gasteiger partial charge is 0.481 e. The molecule has 1 saturated carbocycles. The summed E-state index contributed by atoms with van der Waals surface area (Å²) in [5.41, 5.74) is 0.843. The molecule has 0 saturated heterocycles. The highest BCUT2D eigenvalue weighted by molar-refractivity contribution is 7.80. The summed E-state index contributed by atoms with van der Waals surface area (Å²) in [5.74, 6) is 0.593. The van der Waals surface area contributed by atoms with Crippen LogP contribution in [0.1, 0.15) is 30.6 Å². The van der Waals surface area contributed by atoms with E-state index in [0.29, 0.717) is 11.0 Å². The summed E-state index contributed by atoms with van der Waals surface area (Å²) in [5, 5.41) is 9.52. The lowest BCUT2D eigenvalue weighted by Crippen LogP contribution is -2.45. The summed E-state index contributed by atoms with van der Waals surface area (Å²) >= 11 is 7.30. The van der Waals surface area contributed by atoms with Crippen molar-refractivity contribution >= 4 is 34.4 Å².